The Hall–Kier alpha value is -0.300. The number of hydrogen-bond donors (Lipinski definition) is 1. The maximum absolute atomic E-state index is 9.72. The average molecular weight is 168 g/mol. The van der Waals surface area contributed by atoms with E-state index in [1.807, 2.05) is 0 Å². The zero-order chi connectivity index (χ0) is 9.30. The van der Waals surface area contributed by atoms with Gasteiger partial charge in [0.25, 0.3) is 0 Å². The van der Waals surface area contributed by atoms with Gasteiger partial charge in [0.2, 0.25) is 0 Å². The highest BCUT2D eigenvalue weighted by atomic mass is 16.3. The fourth-order valence-corrected chi connectivity index (χ4v) is 2.33. The lowest BCUT2D eigenvalue weighted by atomic mass is 9.88. The first-order valence-electron chi connectivity index (χ1n) is 4.94. The van der Waals surface area contributed by atoms with Crippen molar-refractivity contribution in [3.63, 3.8) is 0 Å². The van der Waals surface area contributed by atoms with Crippen LogP contribution in [0.25, 0.3) is 0 Å². The number of aliphatic hydroxyl groups is 1. The van der Waals surface area contributed by atoms with Crippen molar-refractivity contribution in [3.8, 4) is 0 Å². The van der Waals surface area contributed by atoms with Gasteiger partial charge in [-0.25, -0.2) is 0 Å². The lowest BCUT2D eigenvalue weighted by Crippen LogP contribution is -2.12. The van der Waals surface area contributed by atoms with Crippen LogP contribution in [0.5, 0.6) is 0 Å². The highest BCUT2D eigenvalue weighted by Crippen LogP contribution is 2.41. The molecule has 1 aliphatic carbocycles. The largest absolute Gasteiger partial charge is 0.392 e. The van der Waals surface area contributed by atoms with Crippen LogP contribution in [-0.4, -0.2) is 11.2 Å². The van der Waals surface area contributed by atoms with Crippen LogP contribution in [0.1, 0.15) is 33.6 Å². The van der Waals surface area contributed by atoms with Crippen molar-refractivity contribution in [2.75, 3.05) is 0 Å². The van der Waals surface area contributed by atoms with E-state index in [0.717, 1.165) is 12.8 Å². The third kappa shape index (κ3) is 1.56. The van der Waals surface area contributed by atoms with Crippen LogP contribution in [-0.2, 0) is 0 Å². The van der Waals surface area contributed by atoms with Gasteiger partial charge in [-0.2, -0.15) is 0 Å². The smallest absolute Gasteiger partial charge is 0.0611 e. The Bertz CT molecular complexity index is 172. The summed E-state index contributed by atoms with van der Waals surface area (Å²) >= 11 is 0. The minimum absolute atomic E-state index is 0.130. The summed E-state index contributed by atoms with van der Waals surface area (Å²) in [5, 5.41) is 9.72. The van der Waals surface area contributed by atoms with Crippen LogP contribution in [0, 0.1) is 17.8 Å². The normalized spacial score (nSPS) is 36.4. The Morgan fingerprint density at radius 1 is 1.58 bits per heavy atom. The van der Waals surface area contributed by atoms with Crippen LogP contribution >= 0.6 is 0 Å². The van der Waals surface area contributed by atoms with E-state index >= 15 is 0 Å². The lowest BCUT2D eigenvalue weighted by molar-refractivity contribution is 0.133. The second-order valence-electron chi connectivity index (χ2n) is 4.24. The Labute approximate surface area is 75.5 Å². The van der Waals surface area contributed by atoms with Gasteiger partial charge >= 0.3 is 0 Å². The maximum atomic E-state index is 9.72. The van der Waals surface area contributed by atoms with E-state index < -0.39 is 0 Å². The van der Waals surface area contributed by atoms with Crippen LogP contribution in [0.3, 0.4) is 0 Å². The van der Waals surface area contributed by atoms with Crippen LogP contribution in [0.4, 0.5) is 0 Å². The fourth-order valence-electron chi connectivity index (χ4n) is 2.33. The third-order valence-corrected chi connectivity index (χ3v) is 3.16. The van der Waals surface area contributed by atoms with Crippen LogP contribution in [0.15, 0.2) is 12.2 Å². The molecule has 1 rings (SSSR count). The monoisotopic (exact) mass is 168 g/mol. The van der Waals surface area contributed by atoms with Gasteiger partial charge in [-0.1, -0.05) is 32.9 Å². The molecule has 0 spiro atoms. The van der Waals surface area contributed by atoms with Crippen molar-refractivity contribution in [2.45, 2.75) is 39.7 Å². The van der Waals surface area contributed by atoms with E-state index in [1.165, 1.54) is 5.57 Å². The van der Waals surface area contributed by atoms with Gasteiger partial charge in [0.05, 0.1) is 6.10 Å². The Balaban J connectivity index is 2.68. The molecule has 0 radical (unpaired) electrons. The summed E-state index contributed by atoms with van der Waals surface area (Å²) in [6, 6.07) is 0. The minimum Gasteiger partial charge on any atom is -0.392 e. The molecule has 1 N–H and O–H groups in total. The van der Waals surface area contributed by atoms with Crippen molar-refractivity contribution in [3.05, 3.63) is 12.2 Å². The molecule has 0 saturated heterocycles. The highest BCUT2D eigenvalue weighted by Gasteiger charge is 2.36. The molecule has 0 heterocycles. The van der Waals surface area contributed by atoms with Gasteiger partial charge in [0.1, 0.15) is 0 Å². The zero-order valence-electron chi connectivity index (χ0n) is 8.38. The molecule has 0 aromatic heterocycles. The summed E-state index contributed by atoms with van der Waals surface area (Å²) in [4.78, 5) is 0. The molecule has 1 aliphatic rings. The molecule has 1 nitrogen and oxygen atoms in total. The van der Waals surface area contributed by atoms with Crippen molar-refractivity contribution in [2.24, 2.45) is 17.8 Å². The molecule has 1 fully saturated rings. The molecule has 70 valence electrons. The molecule has 0 aromatic rings. The summed E-state index contributed by atoms with van der Waals surface area (Å²) in [5.41, 5.74) is 1.28. The predicted molar refractivity (Wildman–Crippen MR) is 51.9 cm³/mol. The first-order chi connectivity index (χ1) is 5.57. The second kappa shape index (κ2) is 3.61. The molecule has 1 saturated carbocycles. The first-order valence-corrected chi connectivity index (χ1v) is 4.94. The molecular formula is C11H20O. The summed E-state index contributed by atoms with van der Waals surface area (Å²) in [6.07, 6.45) is 1.83. The summed E-state index contributed by atoms with van der Waals surface area (Å²) in [5.74, 6) is 1.53. The molecule has 0 amide bonds. The summed E-state index contributed by atoms with van der Waals surface area (Å²) in [6.45, 7) is 10.6. The molecule has 0 aliphatic heterocycles. The first kappa shape index (κ1) is 9.79. The highest BCUT2D eigenvalue weighted by molar-refractivity contribution is 5.15. The number of rotatable bonds is 2. The van der Waals surface area contributed by atoms with E-state index in [0.29, 0.717) is 17.8 Å². The molecule has 3 unspecified atom stereocenters. The topological polar surface area (TPSA) is 20.2 Å². The molecule has 1 heteroatoms. The Kier molecular flexibility index (Phi) is 2.94. The van der Waals surface area contributed by atoms with Gasteiger partial charge in [-0.3, -0.25) is 0 Å². The van der Waals surface area contributed by atoms with Gasteiger partial charge in [-0.05, 0) is 24.7 Å². The van der Waals surface area contributed by atoms with Gasteiger partial charge in [0.15, 0.2) is 0 Å². The number of hydrogen-bond acceptors (Lipinski definition) is 1. The third-order valence-electron chi connectivity index (χ3n) is 3.16. The quantitative estimate of drug-likeness (QED) is 0.628. The Morgan fingerprint density at radius 2 is 2.17 bits per heavy atom. The van der Waals surface area contributed by atoms with Crippen molar-refractivity contribution >= 4 is 0 Å². The Morgan fingerprint density at radius 3 is 2.42 bits per heavy atom. The van der Waals surface area contributed by atoms with Crippen LogP contribution in [0.2, 0.25) is 0 Å². The molecule has 12 heavy (non-hydrogen) atoms. The van der Waals surface area contributed by atoms with E-state index in [9.17, 15) is 5.11 Å². The van der Waals surface area contributed by atoms with Gasteiger partial charge in [-0.15, -0.1) is 0 Å². The second-order valence-corrected chi connectivity index (χ2v) is 4.24. The van der Waals surface area contributed by atoms with E-state index in [4.69, 9.17) is 0 Å². The lowest BCUT2D eigenvalue weighted by Gasteiger charge is -2.17. The van der Waals surface area contributed by atoms with E-state index in [1.54, 1.807) is 0 Å². The van der Waals surface area contributed by atoms with Gasteiger partial charge in [0, 0.05) is 5.92 Å². The fraction of sp³-hybridized carbons (Fsp3) is 0.818. The van der Waals surface area contributed by atoms with Crippen molar-refractivity contribution in [1.82, 2.24) is 0 Å². The average Bonchev–Trinajstić information content (AvgIpc) is 2.27. The van der Waals surface area contributed by atoms with E-state index in [2.05, 4.69) is 27.4 Å². The predicted octanol–water partition coefficient (Wildman–Crippen LogP) is 2.61. The van der Waals surface area contributed by atoms with Crippen molar-refractivity contribution < 1.29 is 5.11 Å². The van der Waals surface area contributed by atoms with Crippen LogP contribution < -0.4 is 0 Å². The number of aliphatic hydroxyl groups excluding tert-OH is 1. The molecule has 3 atom stereocenters. The summed E-state index contributed by atoms with van der Waals surface area (Å²) < 4.78 is 0. The SMILES string of the molecule is C=C1C(C(C)C)CC(O)C1CC. The van der Waals surface area contributed by atoms with Gasteiger partial charge < -0.3 is 5.11 Å². The van der Waals surface area contributed by atoms with E-state index in [-0.39, 0.29) is 6.10 Å². The van der Waals surface area contributed by atoms with Crippen molar-refractivity contribution in [1.29, 1.82) is 0 Å². The maximum Gasteiger partial charge on any atom is 0.0611 e. The zero-order valence-corrected chi connectivity index (χ0v) is 8.38. The summed E-state index contributed by atoms with van der Waals surface area (Å²) in [7, 11) is 0. The standard InChI is InChI=1S/C11H20O/c1-5-9-8(4)10(7(2)3)6-11(9)12/h7,9-12H,4-6H2,1-3H3. The molecule has 0 bridgehead atoms. The molecular weight excluding hydrogens is 148 g/mol. The minimum atomic E-state index is -0.130. The molecule has 0 aromatic carbocycles.